The largest absolute Gasteiger partial charge is 0.352 e. The zero-order chi connectivity index (χ0) is 26.3. The fourth-order valence-corrected chi connectivity index (χ4v) is 4.83. The van der Waals surface area contributed by atoms with Crippen molar-refractivity contribution in [1.82, 2.24) is 10.2 Å². The quantitative estimate of drug-likeness (QED) is 0.411. The van der Waals surface area contributed by atoms with E-state index < -0.39 is 28.5 Å². The molecule has 2 aromatic rings. The molecule has 0 bridgehead atoms. The van der Waals surface area contributed by atoms with Gasteiger partial charge in [-0.25, -0.2) is 8.42 Å². The molecular weight excluding hydrogens is 533 g/mol. The molecule has 0 aliphatic carbocycles. The number of nitrogens with zero attached hydrogens (tertiary/aromatic N) is 2. The summed E-state index contributed by atoms with van der Waals surface area (Å²) in [6, 6.07) is 10.4. The topological polar surface area (TPSA) is 86.8 Å². The molecule has 2 amide bonds. The first-order valence-electron chi connectivity index (χ1n) is 11.1. The van der Waals surface area contributed by atoms with E-state index in [1.54, 1.807) is 31.2 Å². The van der Waals surface area contributed by atoms with E-state index in [1.165, 1.54) is 23.1 Å². The molecule has 35 heavy (non-hydrogen) atoms. The molecule has 0 radical (unpaired) electrons. The van der Waals surface area contributed by atoms with Crippen LogP contribution >= 0.6 is 34.8 Å². The van der Waals surface area contributed by atoms with Crippen molar-refractivity contribution in [2.75, 3.05) is 17.1 Å². The van der Waals surface area contributed by atoms with Gasteiger partial charge in [0.15, 0.2) is 0 Å². The molecule has 0 saturated heterocycles. The molecule has 2 rings (SSSR count). The lowest BCUT2D eigenvalue weighted by molar-refractivity contribution is -0.140. The molecule has 0 fully saturated rings. The lowest BCUT2D eigenvalue weighted by Crippen LogP contribution is -2.53. The van der Waals surface area contributed by atoms with Crippen LogP contribution < -0.4 is 9.62 Å². The van der Waals surface area contributed by atoms with Crippen molar-refractivity contribution in [3.05, 3.63) is 63.1 Å². The predicted octanol–water partition coefficient (Wildman–Crippen LogP) is 5.13. The van der Waals surface area contributed by atoms with Gasteiger partial charge in [-0.15, -0.1) is 0 Å². The zero-order valence-electron chi connectivity index (χ0n) is 20.1. The van der Waals surface area contributed by atoms with Crippen molar-refractivity contribution >= 4 is 62.3 Å². The number of carbonyl (C=O) groups is 2. The highest BCUT2D eigenvalue weighted by Gasteiger charge is 2.32. The zero-order valence-corrected chi connectivity index (χ0v) is 23.2. The van der Waals surface area contributed by atoms with Gasteiger partial charge >= 0.3 is 0 Å². The van der Waals surface area contributed by atoms with Crippen molar-refractivity contribution in [3.63, 3.8) is 0 Å². The van der Waals surface area contributed by atoms with Crippen molar-refractivity contribution in [2.45, 2.75) is 52.2 Å². The number of benzene rings is 2. The molecule has 0 heterocycles. The van der Waals surface area contributed by atoms with Crippen LogP contribution in [0, 0.1) is 0 Å². The Morgan fingerprint density at radius 1 is 0.971 bits per heavy atom. The first kappa shape index (κ1) is 29.2. The van der Waals surface area contributed by atoms with Gasteiger partial charge in [-0.2, -0.15) is 0 Å². The van der Waals surface area contributed by atoms with E-state index >= 15 is 0 Å². The Bertz CT molecular complexity index is 1140. The van der Waals surface area contributed by atoms with Crippen LogP contribution in [0.2, 0.25) is 15.1 Å². The van der Waals surface area contributed by atoms with Crippen molar-refractivity contribution < 1.29 is 18.0 Å². The van der Waals surface area contributed by atoms with Crippen LogP contribution in [-0.4, -0.2) is 50.0 Å². The van der Waals surface area contributed by atoms with Crippen molar-refractivity contribution in [1.29, 1.82) is 0 Å². The molecular formula is C24H30Cl3N3O4S. The molecule has 7 nitrogen and oxygen atoms in total. The molecule has 1 N–H and O–H groups in total. The van der Waals surface area contributed by atoms with E-state index in [0.29, 0.717) is 11.4 Å². The number of amides is 2. The summed E-state index contributed by atoms with van der Waals surface area (Å²) in [5.41, 5.74) is 0.822. The normalized spacial score (nSPS) is 13.1. The van der Waals surface area contributed by atoms with Crippen molar-refractivity contribution in [2.24, 2.45) is 0 Å². The number of carbonyl (C=O) groups excluding carboxylic acids is 2. The van der Waals surface area contributed by atoms with Gasteiger partial charge < -0.3 is 10.2 Å². The number of hydrogen-bond acceptors (Lipinski definition) is 4. The van der Waals surface area contributed by atoms with Crippen LogP contribution in [0.3, 0.4) is 0 Å². The number of halogens is 3. The standard InChI is InChI=1S/C24H30Cl3N3O4S/c1-5-16(3)28-24(32)21(6-2)29(14-17-7-9-18(25)10-8-17)23(31)15-30(35(4,33)34)22-13-19(26)11-12-20(22)27/h7-13,16,21H,5-6,14-15H2,1-4H3,(H,28,32). The number of hydrogen-bond donors (Lipinski definition) is 1. The molecule has 2 atom stereocenters. The first-order valence-corrected chi connectivity index (χ1v) is 14.1. The third kappa shape index (κ3) is 8.27. The van der Waals surface area contributed by atoms with Gasteiger partial charge in [0.2, 0.25) is 21.8 Å². The summed E-state index contributed by atoms with van der Waals surface area (Å²) in [7, 11) is -3.92. The lowest BCUT2D eigenvalue weighted by atomic mass is 10.1. The fourth-order valence-electron chi connectivity index (χ4n) is 3.42. The van der Waals surface area contributed by atoms with Gasteiger partial charge in [0.1, 0.15) is 12.6 Å². The van der Waals surface area contributed by atoms with E-state index in [0.717, 1.165) is 22.5 Å². The van der Waals surface area contributed by atoms with Crippen LogP contribution in [0.5, 0.6) is 0 Å². The smallest absolute Gasteiger partial charge is 0.244 e. The van der Waals surface area contributed by atoms with Gasteiger partial charge in [-0.1, -0.05) is 60.8 Å². The molecule has 2 aromatic carbocycles. The Balaban J connectivity index is 2.47. The maximum absolute atomic E-state index is 13.6. The van der Waals surface area contributed by atoms with Gasteiger partial charge in [0.25, 0.3) is 0 Å². The summed E-state index contributed by atoms with van der Waals surface area (Å²) in [6.07, 6.45) is 2.04. The Hall–Kier alpha value is -2.00. The van der Waals surface area contributed by atoms with E-state index in [4.69, 9.17) is 34.8 Å². The highest BCUT2D eigenvalue weighted by Crippen LogP contribution is 2.31. The Morgan fingerprint density at radius 3 is 2.11 bits per heavy atom. The van der Waals surface area contributed by atoms with Gasteiger partial charge in [-0.05, 0) is 55.7 Å². The molecule has 0 aliphatic heterocycles. The second-order valence-corrected chi connectivity index (χ2v) is 11.4. The molecule has 2 unspecified atom stereocenters. The fraction of sp³-hybridized carbons (Fsp3) is 0.417. The van der Waals surface area contributed by atoms with Crippen LogP contribution in [0.1, 0.15) is 39.2 Å². The minimum Gasteiger partial charge on any atom is -0.352 e. The van der Waals surface area contributed by atoms with E-state index in [1.807, 2.05) is 13.8 Å². The molecule has 0 aliphatic rings. The van der Waals surface area contributed by atoms with E-state index in [2.05, 4.69) is 5.32 Å². The average molecular weight is 563 g/mol. The Labute approximate surface area is 222 Å². The van der Waals surface area contributed by atoms with Gasteiger partial charge in [-0.3, -0.25) is 13.9 Å². The number of rotatable bonds is 11. The highest BCUT2D eigenvalue weighted by atomic mass is 35.5. The van der Waals surface area contributed by atoms with Crippen molar-refractivity contribution in [3.8, 4) is 0 Å². The summed E-state index contributed by atoms with van der Waals surface area (Å²) in [4.78, 5) is 28.1. The molecule has 11 heteroatoms. The summed E-state index contributed by atoms with van der Waals surface area (Å²) in [6.45, 7) is 5.15. The Kier molecular flexibility index (Phi) is 10.7. The maximum atomic E-state index is 13.6. The van der Waals surface area contributed by atoms with E-state index in [9.17, 15) is 18.0 Å². The number of anilines is 1. The SMILES string of the molecule is CCC(C)NC(=O)C(CC)N(Cc1ccc(Cl)cc1)C(=O)CN(c1cc(Cl)ccc1Cl)S(C)(=O)=O. The molecule has 0 aromatic heterocycles. The van der Waals surface area contributed by atoms with E-state index in [-0.39, 0.29) is 34.2 Å². The Morgan fingerprint density at radius 2 is 1.57 bits per heavy atom. The summed E-state index contributed by atoms with van der Waals surface area (Å²) in [5.74, 6) is -0.872. The van der Waals surface area contributed by atoms with Crippen LogP contribution in [0.15, 0.2) is 42.5 Å². The second-order valence-electron chi connectivity index (χ2n) is 8.26. The van der Waals surface area contributed by atoms with Crippen LogP contribution in [0.4, 0.5) is 5.69 Å². The summed E-state index contributed by atoms with van der Waals surface area (Å²) >= 11 is 18.3. The lowest BCUT2D eigenvalue weighted by Gasteiger charge is -2.33. The highest BCUT2D eigenvalue weighted by molar-refractivity contribution is 7.92. The van der Waals surface area contributed by atoms with Crippen LogP contribution in [0.25, 0.3) is 0 Å². The summed E-state index contributed by atoms with van der Waals surface area (Å²) in [5, 5.41) is 3.84. The molecule has 192 valence electrons. The predicted molar refractivity (Wildman–Crippen MR) is 143 cm³/mol. The van der Waals surface area contributed by atoms with Crippen LogP contribution in [-0.2, 0) is 26.2 Å². The third-order valence-electron chi connectivity index (χ3n) is 5.51. The summed E-state index contributed by atoms with van der Waals surface area (Å²) < 4.78 is 26.2. The minimum absolute atomic E-state index is 0.0816. The third-order valence-corrected chi connectivity index (χ3v) is 7.44. The maximum Gasteiger partial charge on any atom is 0.244 e. The molecule has 0 saturated carbocycles. The minimum atomic E-state index is -3.92. The number of sulfonamides is 1. The van der Waals surface area contributed by atoms with Gasteiger partial charge in [0, 0.05) is 22.6 Å². The average Bonchev–Trinajstić information content (AvgIpc) is 2.79. The monoisotopic (exact) mass is 561 g/mol. The first-order chi connectivity index (χ1) is 16.4. The van der Waals surface area contributed by atoms with Gasteiger partial charge in [0.05, 0.1) is 17.0 Å². The second kappa shape index (κ2) is 12.8. The number of nitrogens with one attached hydrogen (secondary N) is 1. The molecule has 0 spiro atoms.